The van der Waals surface area contributed by atoms with Crippen LogP contribution in [0.2, 0.25) is 5.02 Å². The molecule has 2 aromatic rings. The number of anilines is 2. The summed E-state index contributed by atoms with van der Waals surface area (Å²) in [6, 6.07) is 8.90. The van der Waals surface area contributed by atoms with Crippen molar-refractivity contribution in [2.75, 3.05) is 49.1 Å². The lowest BCUT2D eigenvalue weighted by Gasteiger charge is -2.36. The molecular weight excluding hydrogens is 595 g/mol. The molecule has 0 unspecified atom stereocenters. The lowest BCUT2D eigenvalue weighted by Crippen LogP contribution is -2.52. The van der Waals surface area contributed by atoms with Gasteiger partial charge in [-0.3, -0.25) is 24.3 Å². The third-order valence-electron chi connectivity index (χ3n) is 7.51. The number of benzene rings is 2. The summed E-state index contributed by atoms with van der Waals surface area (Å²) in [5.41, 5.74) is -2.62. The Hall–Kier alpha value is -3.44. The van der Waals surface area contributed by atoms with Crippen LogP contribution in [0.4, 0.5) is 24.5 Å². The minimum atomic E-state index is -4.79. The van der Waals surface area contributed by atoms with Gasteiger partial charge in [0.2, 0.25) is 0 Å². The monoisotopic (exact) mass is 623 g/mol. The van der Waals surface area contributed by atoms with Gasteiger partial charge in [0.15, 0.2) is 5.11 Å². The highest BCUT2D eigenvalue weighted by molar-refractivity contribution is 7.81. The largest absolute Gasteiger partial charge is 0.491 e. The van der Waals surface area contributed by atoms with Crippen molar-refractivity contribution in [3.05, 3.63) is 52.5 Å². The Bertz CT molecular complexity index is 1440. The molecule has 224 valence electrons. The zero-order chi connectivity index (χ0) is 31.0. The molecule has 0 spiro atoms. The van der Waals surface area contributed by atoms with E-state index in [2.05, 4.69) is 4.90 Å². The predicted molar refractivity (Wildman–Crippen MR) is 155 cm³/mol. The number of carboxylic acids is 1. The smallest absolute Gasteiger partial charge is 0.417 e. The number of carbonyl (C=O) groups is 2. The summed E-state index contributed by atoms with van der Waals surface area (Å²) < 4.78 is 46.7. The number of thiocarbonyl (C=S) groups is 1. The maximum absolute atomic E-state index is 13.6. The van der Waals surface area contributed by atoms with E-state index in [1.165, 1.54) is 17.0 Å². The van der Waals surface area contributed by atoms with Crippen LogP contribution in [0.1, 0.15) is 31.9 Å². The molecule has 1 amide bonds. The summed E-state index contributed by atoms with van der Waals surface area (Å²) in [5, 5.41) is 18.5. The van der Waals surface area contributed by atoms with Crippen LogP contribution < -0.4 is 14.5 Å². The van der Waals surface area contributed by atoms with Gasteiger partial charge >= 0.3 is 12.1 Å². The van der Waals surface area contributed by atoms with Crippen LogP contribution in [-0.2, 0) is 15.8 Å². The fourth-order valence-corrected chi connectivity index (χ4v) is 5.77. The molecule has 2 aromatic carbocycles. The lowest BCUT2D eigenvalue weighted by molar-refractivity contribution is -0.143. The molecular formula is C28H29ClF3N5O4S. The van der Waals surface area contributed by atoms with Gasteiger partial charge in [0.25, 0.3) is 5.91 Å². The van der Waals surface area contributed by atoms with E-state index in [1.54, 1.807) is 39.0 Å². The Morgan fingerprint density at radius 2 is 1.81 bits per heavy atom. The Morgan fingerprint density at radius 1 is 1.17 bits per heavy atom. The third kappa shape index (κ3) is 6.17. The Balaban J connectivity index is 1.46. The van der Waals surface area contributed by atoms with Crippen LogP contribution in [0.25, 0.3) is 0 Å². The van der Waals surface area contributed by atoms with E-state index < -0.39 is 40.8 Å². The van der Waals surface area contributed by atoms with E-state index in [-0.39, 0.29) is 15.8 Å². The Kier molecular flexibility index (Phi) is 9.03. The molecule has 0 radical (unpaired) electrons. The minimum Gasteiger partial charge on any atom is -0.491 e. The van der Waals surface area contributed by atoms with Crippen molar-refractivity contribution in [2.45, 2.75) is 38.5 Å². The van der Waals surface area contributed by atoms with Crippen molar-refractivity contribution < 1.29 is 32.6 Å². The molecule has 1 N–H and O–H groups in total. The van der Waals surface area contributed by atoms with E-state index in [0.717, 1.165) is 17.0 Å². The number of halogens is 4. The number of piperazine rings is 1. The zero-order valence-electron chi connectivity index (χ0n) is 23.1. The molecule has 2 saturated heterocycles. The second-order valence-corrected chi connectivity index (χ2v) is 11.3. The number of nitriles is 1. The molecule has 42 heavy (non-hydrogen) atoms. The molecule has 0 aliphatic carbocycles. The summed E-state index contributed by atoms with van der Waals surface area (Å²) >= 11 is 12.1. The van der Waals surface area contributed by atoms with Crippen molar-refractivity contribution in [3.63, 3.8) is 0 Å². The summed E-state index contributed by atoms with van der Waals surface area (Å²) in [5.74, 6) is -0.976. The molecule has 0 aromatic heterocycles. The highest BCUT2D eigenvalue weighted by Gasteiger charge is 2.50. The summed E-state index contributed by atoms with van der Waals surface area (Å²) in [6.45, 7) is 8.54. The second-order valence-electron chi connectivity index (χ2n) is 10.5. The molecule has 0 bridgehead atoms. The molecule has 2 aliphatic rings. The number of rotatable bonds is 8. The highest BCUT2D eigenvalue weighted by atomic mass is 35.5. The number of amides is 1. The van der Waals surface area contributed by atoms with Crippen molar-refractivity contribution in [3.8, 4) is 11.8 Å². The SMILES string of the molecule is C[C@@H](C(=O)O)N1CCN(CCOc2ccc(N3C(=S)N(c4ccc(C#N)c(C(F)(F)F)c4)C(=O)C3(C)C)cc2Cl)CC1. The number of ether oxygens (including phenoxy) is 1. The molecule has 9 nitrogen and oxygen atoms in total. The Labute approximate surface area is 251 Å². The normalized spacial score (nSPS) is 18.7. The molecule has 2 aliphatic heterocycles. The van der Waals surface area contributed by atoms with E-state index in [9.17, 15) is 27.9 Å². The van der Waals surface area contributed by atoms with Gasteiger partial charge in [0, 0.05) is 38.4 Å². The van der Waals surface area contributed by atoms with E-state index >= 15 is 0 Å². The van der Waals surface area contributed by atoms with Gasteiger partial charge in [-0.15, -0.1) is 0 Å². The van der Waals surface area contributed by atoms with Gasteiger partial charge in [-0.2, -0.15) is 18.4 Å². The molecule has 4 rings (SSSR count). The van der Waals surface area contributed by atoms with Crippen LogP contribution in [0.5, 0.6) is 5.75 Å². The highest BCUT2D eigenvalue weighted by Crippen LogP contribution is 2.41. The first kappa shape index (κ1) is 31.5. The number of nitrogens with zero attached hydrogens (tertiary/aromatic N) is 5. The number of hydrogen-bond acceptors (Lipinski definition) is 7. The average molecular weight is 624 g/mol. The number of carbonyl (C=O) groups excluding carboxylic acids is 1. The van der Waals surface area contributed by atoms with Crippen LogP contribution >= 0.6 is 23.8 Å². The van der Waals surface area contributed by atoms with Crippen LogP contribution in [0.3, 0.4) is 0 Å². The molecule has 0 saturated carbocycles. The standard InChI is InChI=1S/C28H29ClF3N5O4S/c1-17(24(38)39)35-10-8-34(9-11-35)12-13-41-23-7-6-20(15-22(23)29)37-26(42)36(25(40)27(37,2)3)19-5-4-18(16-33)21(14-19)28(30,31)32/h4-7,14-15,17H,8-13H2,1-3H3,(H,38,39)/t17-/m0/s1. The number of carboxylic acid groups (broad SMARTS) is 1. The van der Waals surface area contributed by atoms with Gasteiger partial charge in [0.05, 0.1) is 27.9 Å². The van der Waals surface area contributed by atoms with Crippen molar-refractivity contribution >= 4 is 52.2 Å². The van der Waals surface area contributed by atoms with Crippen molar-refractivity contribution in [1.82, 2.24) is 9.80 Å². The van der Waals surface area contributed by atoms with Crippen molar-refractivity contribution in [1.29, 1.82) is 5.26 Å². The molecule has 14 heteroatoms. The van der Waals surface area contributed by atoms with Crippen LogP contribution in [-0.4, -0.2) is 82.8 Å². The summed E-state index contributed by atoms with van der Waals surface area (Å²) in [6.07, 6.45) is -4.79. The fourth-order valence-electron chi connectivity index (χ4n) is 5.02. The topological polar surface area (TPSA) is 100 Å². The maximum atomic E-state index is 13.6. The molecule has 2 heterocycles. The van der Waals surface area contributed by atoms with E-state index in [4.69, 9.17) is 33.8 Å². The molecule has 1 atom stereocenters. The predicted octanol–water partition coefficient (Wildman–Crippen LogP) is 4.62. The van der Waals surface area contributed by atoms with Gasteiger partial charge in [-0.05, 0) is 69.4 Å². The summed E-state index contributed by atoms with van der Waals surface area (Å²) in [7, 11) is 0. The first-order valence-electron chi connectivity index (χ1n) is 13.1. The molecule has 2 fully saturated rings. The quantitative estimate of drug-likeness (QED) is 0.422. The lowest BCUT2D eigenvalue weighted by atomic mass is 10.0. The first-order chi connectivity index (χ1) is 19.7. The minimum absolute atomic E-state index is 0.0380. The van der Waals surface area contributed by atoms with E-state index in [1.807, 2.05) is 4.90 Å². The Morgan fingerprint density at radius 3 is 2.38 bits per heavy atom. The average Bonchev–Trinajstić information content (AvgIpc) is 3.11. The van der Waals surface area contributed by atoms with Gasteiger partial charge < -0.3 is 14.7 Å². The summed E-state index contributed by atoms with van der Waals surface area (Å²) in [4.78, 5) is 31.3. The van der Waals surface area contributed by atoms with Gasteiger partial charge in [-0.1, -0.05) is 11.6 Å². The van der Waals surface area contributed by atoms with Gasteiger partial charge in [0.1, 0.15) is 23.9 Å². The van der Waals surface area contributed by atoms with Gasteiger partial charge in [-0.25, -0.2) is 0 Å². The van der Waals surface area contributed by atoms with E-state index in [0.29, 0.717) is 50.8 Å². The second kappa shape index (κ2) is 12.0. The number of hydrogen-bond donors (Lipinski definition) is 1. The van der Waals surface area contributed by atoms with Crippen LogP contribution in [0, 0.1) is 11.3 Å². The van der Waals surface area contributed by atoms with Crippen molar-refractivity contribution in [2.24, 2.45) is 0 Å². The third-order valence-corrected chi connectivity index (χ3v) is 8.17. The first-order valence-corrected chi connectivity index (χ1v) is 13.9. The maximum Gasteiger partial charge on any atom is 0.417 e. The number of alkyl halides is 3. The van der Waals surface area contributed by atoms with Crippen LogP contribution in [0.15, 0.2) is 36.4 Å². The zero-order valence-corrected chi connectivity index (χ0v) is 24.7. The number of aliphatic carboxylic acids is 1. The fraction of sp³-hybridized carbons (Fsp3) is 0.429.